The van der Waals surface area contributed by atoms with E-state index in [2.05, 4.69) is 32.9 Å². The van der Waals surface area contributed by atoms with Crippen LogP contribution in [0.1, 0.15) is 47.8 Å². The molecule has 1 aliphatic rings. The van der Waals surface area contributed by atoms with Gasteiger partial charge in [-0.05, 0) is 41.8 Å². The Morgan fingerprint density at radius 3 is 2.36 bits per heavy atom. The number of Topliss-reactive ketones (excluding diaryl/α,β-unsaturated/α-hetero) is 1. The zero-order chi connectivity index (χ0) is 23.2. The first-order valence-electron chi connectivity index (χ1n) is 11.5. The minimum Gasteiger partial charge on any atom is -0.492 e. The third-order valence-corrected chi connectivity index (χ3v) is 6.64. The molecule has 5 nitrogen and oxygen atoms in total. The van der Waals surface area contributed by atoms with Crippen molar-refractivity contribution in [2.24, 2.45) is 0 Å². The number of nitrogens with zero attached hydrogens (tertiary/aromatic N) is 2. The van der Waals surface area contributed by atoms with E-state index in [9.17, 15) is 4.79 Å². The number of aromatic nitrogens is 2. The molecular weight excluding hydrogens is 410 g/mol. The van der Waals surface area contributed by atoms with Gasteiger partial charge in [0.25, 0.3) is 0 Å². The highest BCUT2D eigenvalue weighted by molar-refractivity contribution is 5.97. The third kappa shape index (κ3) is 3.67. The maximum atomic E-state index is 13.5. The van der Waals surface area contributed by atoms with E-state index in [1.807, 2.05) is 63.7 Å². The van der Waals surface area contributed by atoms with Crippen LogP contribution in [0.4, 0.5) is 0 Å². The predicted octanol–water partition coefficient (Wildman–Crippen LogP) is 5.09. The number of fused-ring (bicyclic) bond motifs is 2. The van der Waals surface area contributed by atoms with E-state index in [-0.39, 0.29) is 17.7 Å². The molecule has 0 unspecified atom stereocenters. The molecule has 1 aliphatic heterocycles. The number of carbonyl (C=O) groups is 1. The molecule has 0 radical (unpaired) electrons. The fourth-order valence-electron chi connectivity index (χ4n) is 4.73. The van der Waals surface area contributed by atoms with E-state index in [0.29, 0.717) is 24.3 Å². The van der Waals surface area contributed by atoms with Crippen molar-refractivity contribution < 1.29 is 9.53 Å². The van der Waals surface area contributed by atoms with Crippen LogP contribution in [0, 0.1) is 5.41 Å². The Balaban J connectivity index is 1.55. The van der Waals surface area contributed by atoms with Crippen LogP contribution < -0.4 is 10.4 Å². The number of para-hydroxylation sites is 2. The first-order chi connectivity index (χ1) is 15.9. The van der Waals surface area contributed by atoms with Crippen molar-refractivity contribution in [1.29, 1.82) is 5.41 Å². The summed E-state index contributed by atoms with van der Waals surface area (Å²) in [5.41, 5.74) is 6.05. The number of ketones is 1. The van der Waals surface area contributed by atoms with E-state index < -0.39 is 0 Å². The molecule has 0 saturated carbocycles. The standard InChI is InChI=1S/C28H29N3O2/c1-4-20-14-21(15-22-26(20)33-18-28(22,2)3)25(32)17-31-24-13-9-8-12-23(24)30(27(31)29)16-19-10-6-5-7-11-19/h5-15,29H,4,16-18H2,1-3H3. The summed E-state index contributed by atoms with van der Waals surface area (Å²) in [6.07, 6.45) is 0.812. The number of carbonyl (C=O) groups excluding carboxylic acids is 1. The molecule has 5 heteroatoms. The summed E-state index contributed by atoms with van der Waals surface area (Å²) in [5, 5.41) is 8.90. The van der Waals surface area contributed by atoms with Gasteiger partial charge in [-0.15, -0.1) is 0 Å². The Bertz CT molecular complexity index is 1410. The smallest absolute Gasteiger partial charge is 0.203 e. The average Bonchev–Trinajstić information content (AvgIpc) is 3.28. The van der Waals surface area contributed by atoms with E-state index in [0.717, 1.165) is 39.9 Å². The second-order valence-corrected chi connectivity index (χ2v) is 9.43. The molecule has 0 spiro atoms. The number of ether oxygens (including phenoxy) is 1. The molecule has 0 bridgehead atoms. The first-order valence-corrected chi connectivity index (χ1v) is 11.5. The maximum Gasteiger partial charge on any atom is 0.203 e. The lowest BCUT2D eigenvalue weighted by atomic mass is 9.84. The summed E-state index contributed by atoms with van der Waals surface area (Å²) in [6.45, 7) is 7.74. The van der Waals surface area contributed by atoms with Crippen molar-refractivity contribution >= 4 is 16.8 Å². The first kappa shape index (κ1) is 21.3. The Labute approximate surface area is 193 Å². The molecule has 33 heavy (non-hydrogen) atoms. The molecule has 0 atom stereocenters. The van der Waals surface area contributed by atoms with Crippen molar-refractivity contribution in [3.8, 4) is 5.75 Å². The number of nitrogens with one attached hydrogen (secondary N) is 1. The van der Waals surface area contributed by atoms with Gasteiger partial charge in [-0.3, -0.25) is 10.2 Å². The van der Waals surface area contributed by atoms with Crippen LogP contribution in [0.3, 0.4) is 0 Å². The molecule has 0 aliphatic carbocycles. The van der Waals surface area contributed by atoms with E-state index in [1.54, 1.807) is 0 Å². The lowest BCUT2D eigenvalue weighted by Gasteiger charge is -2.17. The highest BCUT2D eigenvalue weighted by Gasteiger charge is 2.34. The summed E-state index contributed by atoms with van der Waals surface area (Å²) in [6, 6.07) is 22.0. The fourth-order valence-corrected chi connectivity index (χ4v) is 4.73. The van der Waals surface area contributed by atoms with E-state index >= 15 is 0 Å². The fraction of sp³-hybridized carbons (Fsp3) is 0.286. The number of hydrogen-bond acceptors (Lipinski definition) is 3. The van der Waals surface area contributed by atoms with Crippen molar-refractivity contribution in [3.63, 3.8) is 0 Å². The zero-order valence-corrected chi connectivity index (χ0v) is 19.4. The van der Waals surface area contributed by atoms with Gasteiger partial charge < -0.3 is 13.9 Å². The van der Waals surface area contributed by atoms with Crippen LogP contribution in [0.2, 0.25) is 0 Å². The van der Waals surface area contributed by atoms with Gasteiger partial charge in [0.2, 0.25) is 5.62 Å². The van der Waals surface area contributed by atoms with Gasteiger partial charge in [0.1, 0.15) is 5.75 Å². The monoisotopic (exact) mass is 439 g/mol. The quantitative estimate of drug-likeness (QED) is 0.426. The van der Waals surface area contributed by atoms with Gasteiger partial charge in [0, 0.05) is 16.5 Å². The molecule has 3 aromatic carbocycles. The van der Waals surface area contributed by atoms with Gasteiger partial charge in [0.05, 0.1) is 30.7 Å². The minimum absolute atomic E-state index is 0.0105. The number of aryl methyl sites for hydroxylation is 1. The zero-order valence-electron chi connectivity index (χ0n) is 19.4. The molecule has 5 rings (SSSR count). The van der Waals surface area contributed by atoms with Crippen LogP contribution in [0.15, 0.2) is 66.7 Å². The number of hydrogen-bond donors (Lipinski definition) is 1. The molecule has 0 amide bonds. The number of imidazole rings is 1. The van der Waals surface area contributed by atoms with Gasteiger partial charge in [-0.1, -0.05) is 63.2 Å². The lowest BCUT2D eigenvalue weighted by Crippen LogP contribution is -2.28. The predicted molar refractivity (Wildman–Crippen MR) is 130 cm³/mol. The van der Waals surface area contributed by atoms with Crippen molar-refractivity contribution in [2.45, 2.75) is 45.7 Å². The second kappa shape index (κ2) is 8.07. The van der Waals surface area contributed by atoms with Crippen molar-refractivity contribution in [2.75, 3.05) is 6.61 Å². The summed E-state index contributed by atoms with van der Waals surface area (Å²) < 4.78 is 9.76. The van der Waals surface area contributed by atoms with Crippen LogP contribution in [0.25, 0.3) is 11.0 Å². The molecule has 0 fully saturated rings. The van der Waals surface area contributed by atoms with Crippen molar-refractivity contribution in [1.82, 2.24) is 9.13 Å². The molecule has 1 aromatic heterocycles. The largest absolute Gasteiger partial charge is 0.492 e. The molecular formula is C28H29N3O2. The van der Waals surface area contributed by atoms with Crippen molar-refractivity contribution in [3.05, 3.63) is 94.6 Å². The van der Waals surface area contributed by atoms with Gasteiger partial charge >= 0.3 is 0 Å². The number of benzene rings is 3. The van der Waals surface area contributed by atoms with Crippen LogP contribution in [-0.2, 0) is 24.9 Å². The Morgan fingerprint density at radius 1 is 1.00 bits per heavy atom. The summed E-state index contributed by atoms with van der Waals surface area (Å²) in [5.74, 6) is 0.948. The highest BCUT2D eigenvalue weighted by Crippen LogP contribution is 2.41. The van der Waals surface area contributed by atoms with Crippen LogP contribution >= 0.6 is 0 Å². The van der Waals surface area contributed by atoms with E-state index in [4.69, 9.17) is 10.1 Å². The Hall–Kier alpha value is -3.60. The second-order valence-electron chi connectivity index (χ2n) is 9.43. The topological polar surface area (TPSA) is 60.0 Å². The SMILES string of the molecule is CCc1cc(C(=O)Cn2c(=N)n(Cc3ccccc3)c3ccccc32)cc2c1OCC2(C)C. The molecule has 168 valence electrons. The summed E-state index contributed by atoms with van der Waals surface area (Å²) in [4.78, 5) is 13.5. The summed E-state index contributed by atoms with van der Waals surface area (Å²) >= 11 is 0. The number of rotatable bonds is 6. The molecule has 4 aromatic rings. The molecule has 0 saturated heterocycles. The van der Waals surface area contributed by atoms with Gasteiger partial charge in [0.15, 0.2) is 5.78 Å². The van der Waals surface area contributed by atoms with Gasteiger partial charge in [-0.25, -0.2) is 0 Å². The van der Waals surface area contributed by atoms with Crippen LogP contribution in [0.5, 0.6) is 5.75 Å². The Kier molecular flexibility index (Phi) is 5.20. The third-order valence-electron chi connectivity index (χ3n) is 6.64. The maximum absolute atomic E-state index is 13.5. The highest BCUT2D eigenvalue weighted by atomic mass is 16.5. The van der Waals surface area contributed by atoms with E-state index in [1.165, 1.54) is 0 Å². The van der Waals surface area contributed by atoms with Gasteiger partial charge in [-0.2, -0.15) is 0 Å². The molecule has 2 heterocycles. The minimum atomic E-state index is -0.116. The average molecular weight is 440 g/mol. The Morgan fingerprint density at radius 2 is 1.67 bits per heavy atom. The lowest BCUT2D eigenvalue weighted by molar-refractivity contribution is 0.0971. The van der Waals surface area contributed by atoms with Crippen LogP contribution in [-0.4, -0.2) is 21.5 Å². The molecule has 1 N–H and O–H groups in total. The summed E-state index contributed by atoms with van der Waals surface area (Å²) in [7, 11) is 0. The normalized spacial score (nSPS) is 14.3.